The van der Waals surface area contributed by atoms with Crippen molar-refractivity contribution in [1.82, 2.24) is 14.9 Å². The van der Waals surface area contributed by atoms with E-state index < -0.39 is 0 Å². The second-order valence-corrected chi connectivity index (χ2v) is 12.2. The number of hydrogen-bond acceptors (Lipinski definition) is 3. The molecule has 2 unspecified atom stereocenters. The van der Waals surface area contributed by atoms with Crippen LogP contribution < -0.4 is 15.1 Å². The predicted octanol–water partition coefficient (Wildman–Crippen LogP) is 8.12. The van der Waals surface area contributed by atoms with E-state index in [-0.39, 0.29) is 12.1 Å². The molecule has 4 aromatic rings. The summed E-state index contributed by atoms with van der Waals surface area (Å²) in [4.78, 5) is 9.41. The van der Waals surface area contributed by atoms with Gasteiger partial charge in [0.15, 0.2) is 5.11 Å². The van der Waals surface area contributed by atoms with Crippen LogP contribution in [0.3, 0.4) is 0 Å². The minimum Gasteiger partial charge on any atom is -0.370 e. The zero-order valence-corrected chi connectivity index (χ0v) is 25.8. The van der Waals surface area contributed by atoms with E-state index in [1.165, 1.54) is 41.0 Å². The van der Waals surface area contributed by atoms with Crippen LogP contribution in [0.25, 0.3) is 5.69 Å². The zero-order chi connectivity index (χ0) is 28.7. The van der Waals surface area contributed by atoms with Gasteiger partial charge in [0.2, 0.25) is 0 Å². The van der Waals surface area contributed by atoms with Gasteiger partial charge in [0.25, 0.3) is 0 Å². The Labute approximate surface area is 254 Å². The highest BCUT2D eigenvalue weighted by Crippen LogP contribution is 2.45. The second kappa shape index (κ2) is 11.5. The standard InChI is InChI=1S/C34H38ClN5S/c1-5-25-10-6-7-12-30(25)39-23(3)20-27(24(39)4)33-32(29-11-8-9-17-36-29)37-34(41)40(33)26-13-14-31(28(35)21-26)38-18-15-22(2)16-19-38/h6-14,17,20-22,32-33H,5,15-16,18-19H2,1-4H3,(H,37,41). The van der Waals surface area contributed by atoms with Gasteiger partial charge in [0.1, 0.15) is 0 Å². The van der Waals surface area contributed by atoms with Gasteiger partial charge in [-0.15, -0.1) is 0 Å². The first-order valence-electron chi connectivity index (χ1n) is 14.7. The molecule has 5 nitrogen and oxygen atoms in total. The van der Waals surface area contributed by atoms with Gasteiger partial charge in [0.05, 0.1) is 28.5 Å². The highest BCUT2D eigenvalue weighted by atomic mass is 35.5. The number of aryl methyl sites for hydroxylation is 2. The zero-order valence-electron chi connectivity index (χ0n) is 24.3. The average molecular weight is 584 g/mol. The number of hydrogen-bond donors (Lipinski definition) is 1. The van der Waals surface area contributed by atoms with Crippen LogP contribution >= 0.6 is 23.8 Å². The Morgan fingerprint density at radius 1 is 0.976 bits per heavy atom. The number of aromatic nitrogens is 2. The van der Waals surface area contributed by atoms with Crippen LogP contribution in [0.2, 0.25) is 5.02 Å². The lowest BCUT2D eigenvalue weighted by molar-refractivity contribution is 0.438. The molecule has 1 N–H and O–H groups in total. The molecule has 0 radical (unpaired) electrons. The molecule has 0 bridgehead atoms. The van der Waals surface area contributed by atoms with E-state index >= 15 is 0 Å². The van der Waals surface area contributed by atoms with Gasteiger partial charge >= 0.3 is 0 Å². The third kappa shape index (κ3) is 5.13. The van der Waals surface area contributed by atoms with E-state index in [2.05, 4.69) is 102 Å². The lowest BCUT2D eigenvalue weighted by Crippen LogP contribution is -2.33. The summed E-state index contributed by atoms with van der Waals surface area (Å²) in [7, 11) is 0. The Morgan fingerprint density at radius 2 is 1.73 bits per heavy atom. The predicted molar refractivity (Wildman–Crippen MR) is 175 cm³/mol. The third-order valence-corrected chi connectivity index (χ3v) is 9.45. The van der Waals surface area contributed by atoms with Crippen LogP contribution in [0.1, 0.15) is 67.0 Å². The number of pyridine rings is 1. The van der Waals surface area contributed by atoms with Crippen LogP contribution in [0.4, 0.5) is 11.4 Å². The third-order valence-electron chi connectivity index (χ3n) is 8.83. The van der Waals surface area contributed by atoms with Crippen molar-refractivity contribution in [3.8, 4) is 5.69 Å². The van der Waals surface area contributed by atoms with Crippen LogP contribution in [0.15, 0.2) is 72.9 Å². The maximum atomic E-state index is 7.00. The molecular formula is C34H38ClN5S. The first-order chi connectivity index (χ1) is 19.9. The molecule has 0 saturated carbocycles. The maximum Gasteiger partial charge on any atom is 0.174 e. The number of piperidine rings is 1. The smallest absolute Gasteiger partial charge is 0.174 e. The minimum atomic E-state index is -0.110. The Balaban J connectivity index is 1.45. The summed E-state index contributed by atoms with van der Waals surface area (Å²) >= 11 is 13.0. The van der Waals surface area contributed by atoms with Crippen molar-refractivity contribution in [1.29, 1.82) is 0 Å². The molecule has 0 spiro atoms. The van der Waals surface area contributed by atoms with Crippen LogP contribution in [0.5, 0.6) is 0 Å². The number of nitrogens with zero attached hydrogens (tertiary/aromatic N) is 4. The van der Waals surface area contributed by atoms with Crippen LogP contribution in [-0.2, 0) is 6.42 Å². The summed E-state index contributed by atoms with van der Waals surface area (Å²) in [5.74, 6) is 0.768. The first-order valence-corrected chi connectivity index (χ1v) is 15.5. The maximum absolute atomic E-state index is 7.00. The van der Waals surface area contributed by atoms with Crippen LogP contribution in [0, 0.1) is 19.8 Å². The fraction of sp³-hybridized carbons (Fsp3) is 0.353. The molecule has 2 aromatic heterocycles. The van der Waals surface area contributed by atoms with E-state index in [1.807, 2.05) is 18.3 Å². The lowest BCUT2D eigenvalue weighted by Gasteiger charge is -2.33. The Hall–Kier alpha value is -3.35. The molecule has 0 aliphatic carbocycles. The highest BCUT2D eigenvalue weighted by Gasteiger charge is 2.42. The Kier molecular flexibility index (Phi) is 7.80. The van der Waals surface area contributed by atoms with E-state index in [1.54, 1.807) is 0 Å². The number of para-hydroxylation sites is 1. The van der Waals surface area contributed by atoms with Gasteiger partial charge in [-0.1, -0.05) is 49.7 Å². The molecule has 212 valence electrons. The van der Waals surface area contributed by atoms with Gasteiger partial charge in [-0.3, -0.25) is 4.98 Å². The molecule has 4 heterocycles. The van der Waals surface area contributed by atoms with Crippen LogP contribution in [-0.4, -0.2) is 27.8 Å². The summed E-state index contributed by atoms with van der Waals surface area (Å²) in [5.41, 5.74) is 9.24. The molecule has 2 fully saturated rings. The van der Waals surface area contributed by atoms with E-state index in [9.17, 15) is 0 Å². The molecule has 2 aromatic carbocycles. The molecule has 2 saturated heterocycles. The molecule has 41 heavy (non-hydrogen) atoms. The van der Waals surface area contributed by atoms with Gasteiger partial charge in [-0.25, -0.2) is 0 Å². The average Bonchev–Trinajstić information content (AvgIpc) is 3.48. The number of rotatable bonds is 6. The molecule has 2 aliphatic rings. The number of nitrogens with one attached hydrogen (secondary N) is 1. The van der Waals surface area contributed by atoms with Gasteiger partial charge in [0, 0.05) is 42.0 Å². The van der Waals surface area contributed by atoms with Crippen molar-refractivity contribution >= 4 is 40.3 Å². The lowest BCUT2D eigenvalue weighted by atomic mass is 9.96. The summed E-state index contributed by atoms with van der Waals surface area (Å²) in [6.45, 7) is 11.0. The Bertz CT molecular complexity index is 1560. The minimum absolute atomic E-state index is 0.0936. The normalized spacial score (nSPS) is 19.6. The monoisotopic (exact) mass is 583 g/mol. The topological polar surface area (TPSA) is 36.3 Å². The number of anilines is 2. The number of benzene rings is 2. The summed E-state index contributed by atoms with van der Waals surface area (Å²) in [6, 6.07) is 23.3. The van der Waals surface area contributed by atoms with E-state index in [0.717, 1.165) is 47.5 Å². The number of halogens is 1. The summed E-state index contributed by atoms with van der Waals surface area (Å²) in [6.07, 6.45) is 5.22. The van der Waals surface area contributed by atoms with Crippen molar-refractivity contribution in [2.45, 2.75) is 59.0 Å². The quantitative estimate of drug-likeness (QED) is 0.232. The highest BCUT2D eigenvalue weighted by molar-refractivity contribution is 7.80. The van der Waals surface area contributed by atoms with Gasteiger partial charge in [-0.2, -0.15) is 0 Å². The molecule has 7 heteroatoms. The molecule has 2 atom stereocenters. The largest absolute Gasteiger partial charge is 0.370 e. The SMILES string of the molecule is CCc1ccccc1-n1c(C)cc(C2C(c3ccccn3)NC(=S)N2c2ccc(N3CCC(C)CC3)c(Cl)c2)c1C. The van der Waals surface area contributed by atoms with Crippen molar-refractivity contribution in [3.05, 3.63) is 106 Å². The van der Waals surface area contributed by atoms with Crippen molar-refractivity contribution in [2.75, 3.05) is 22.9 Å². The van der Waals surface area contributed by atoms with Gasteiger partial charge in [-0.05, 0) is 105 Å². The molecule has 6 rings (SSSR count). The molecular weight excluding hydrogens is 546 g/mol. The second-order valence-electron chi connectivity index (χ2n) is 11.4. The fourth-order valence-corrected chi connectivity index (χ4v) is 7.23. The Morgan fingerprint density at radius 3 is 2.44 bits per heavy atom. The van der Waals surface area contributed by atoms with Crippen molar-refractivity contribution < 1.29 is 0 Å². The summed E-state index contributed by atoms with van der Waals surface area (Å²) < 4.78 is 2.39. The van der Waals surface area contributed by atoms with E-state index in [4.69, 9.17) is 28.8 Å². The van der Waals surface area contributed by atoms with Gasteiger partial charge < -0.3 is 19.7 Å². The molecule has 2 aliphatic heterocycles. The number of thiocarbonyl (C=S) groups is 1. The fourth-order valence-electron chi connectivity index (χ4n) is 6.59. The van der Waals surface area contributed by atoms with Crippen molar-refractivity contribution in [3.63, 3.8) is 0 Å². The van der Waals surface area contributed by atoms with E-state index in [0.29, 0.717) is 5.11 Å². The first kappa shape index (κ1) is 27.8. The molecule has 0 amide bonds. The van der Waals surface area contributed by atoms with Crippen molar-refractivity contribution in [2.24, 2.45) is 5.92 Å². The summed E-state index contributed by atoms with van der Waals surface area (Å²) in [5, 5.41) is 5.07.